The number of amides is 2. The number of carboxylic acids is 1. The molecular weight excluding hydrogens is 400 g/mol. The van der Waals surface area contributed by atoms with E-state index in [0.717, 1.165) is 16.6 Å². The van der Waals surface area contributed by atoms with E-state index in [-0.39, 0.29) is 29.0 Å². The summed E-state index contributed by atoms with van der Waals surface area (Å²) in [6.07, 6.45) is 0.0103. The number of nitrogens with one attached hydrogen (secondary N) is 2. The molecule has 0 spiro atoms. The number of carbonyl (C=O) groups is 3. The molecule has 3 rings (SSSR count). The first-order chi connectivity index (χ1) is 13.4. The number of carbonyl (C=O) groups excluding carboxylic acids is 2. The maximum absolute atomic E-state index is 12.5. The number of carboxylic acid groups (broad SMARTS) is 1. The molecule has 2 amide bonds. The molecule has 1 unspecified atom stereocenters. The van der Waals surface area contributed by atoms with Crippen molar-refractivity contribution in [1.29, 1.82) is 0 Å². The van der Waals surface area contributed by atoms with Crippen molar-refractivity contribution >= 4 is 57.4 Å². The first-order valence-electron chi connectivity index (χ1n) is 8.19. The van der Waals surface area contributed by atoms with Crippen LogP contribution in [0.25, 0.3) is 0 Å². The van der Waals surface area contributed by atoms with E-state index in [1.165, 1.54) is 35.6 Å². The van der Waals surface area contributed by atoms with E-state index in [9.17, 15) is 14.4 Å². The number of hydrogen-bond donors (Lipinski definition) is 3. The van der Waals surface area contributed by atoms with Gasteiger partial charge >= 0.3 is 5.97 Å². The summed E-state index contributed by atoms with van der Waals surface area (Å²) >= 11 is 2.65. The predicted molar refractivity (Wildman–Crippen MR) is 110 cm³/mol. The van der Waals surface area contributed by atoms with Crippen LogP contribution >= 0.6 is 23.1 Å². The van der Waals surface area contributed by atoms with Crippen LogP contribution in [0.15, 0.2) is 52.0 Å². The second-order valence-corrected chi connectivity index (χ2v) is 7.94. The summed E-state index contributed by atoms with van der Waals surface area (Å²) < 4.78 is 0. The van der Waals surface area contributed by atoms with Gasteiger partial charge < -0.3 is 15.7 Å². The third kappa shape index (κ3) is 5.05. The van der Waals surface area contributed by atoms with E-state index in [4.69, 9.17) is 5.11 Å². The van der Waals surface area contributed by atoms with Crippen molar-refractivity contribution in [2.45, 2.75) is 18.6 Å². The fourth-order valence-electron chi connectivity index (χ4n) is 2.31. The zero-order chi connectivity index (χ0) is 20.1. The largest absolute Gasteiger partial charge is 0.478 e. The van der Waals surface area contributed by atoms with Gasteiger partial charge in [0.15, 0.2) is 5.17 Å². The summed E-state index contributed by atoms with van der Waals surface area (Å²) in [6.45, 7) is 1.82. The third-order valence-electron chi connectivity index (χ3n) is 3.73. The van der Waals surface area contributed by atoms with Gasteiger partial charge in [0.1, 0.15) is 5.25 Å². The monoisotopic (exact) mass is 416 g/mol. The molecule has 1 aliphatic heterocycles. The lowest BCUT2D eigenvalue weighted by molar-refractivity contribution is -0.123. The average molecular weight is 416 g/mol. The van der Waals surface area contributed by atoms with Crippen molar-refractivity contribution in [1.82, 2.24) is 5.32 Å². The van der Waals surface area contributed by atoms with Crippen LogP contribution in [0.2, 0.25) is 0 Å². The Morgan fingerprint density at radius 2 is 2.00 bits per heavy atom. The molecule has 2 aromatic rings. The Kier molecular flexibility index (Phi) is 6.22. The molecule has 2 heterocycles. The van der Waals surface area contributed by atoms with E-state index in [0.29, 0.717) is 11.4 Å². The van der Waals surface area contributed by atoms with Gasteiger partial charge in [0.2, 0.25) is 11.8 Å². The summed E-state index contributed by atoms with van der Waals surface area (Å²) in [4.78, 5) is 36.3. The highest BCUT2D eigenvalue weighted by Crippen LogP contribution is 2.23. The van der Waals surface area contributed by atoms with Gasteiger partial charge in [-0.2, -0.15) is 5.10 Å². The zero-order valence-electron chi connectivity index (χ0n) is 14.7. The fourth-order valence-corrected chi connectivity index (χ4v) is 3.92. The minimum Gasteiger partial charge on any atom is -0.478 e. The molecule has 1 aliphatic rings. The highest BCUT2D eigenvalue weighted by atomic mass is 32.2. The number of benzene rings is 1. The molecule has 0 saturated carbocycles. The number of hydrogen-bond acceptors (Lipinski definition) is 7. The van der Waals surface area contributed by atoms with Gasteiger partial charge in [0.25, 0.3) is 0 Å². The van der Waals surface area contributed by atoms with Crippen LogP contribution in [0.1, 0.15) is 28.6 Å². The Labute approximate surface area is 168 Å². The highest BCUT2D eigenvalue weighted by Gasteiger charge is 2.30. The molecule has 8 nitrogen and oxygen atoms in total. The molecule has 0 radical (unpaired) electrons. The molecule has 0 aliphatic carbocycles. The van der Waals surface area contributed by atoms with Gasteiger partial charge in [-0.1, -0.05) is 17.8 Å². The quantitative estimate of drug-likeness (QED) is 0.511. The summed E-state index contributed by atoms with van der Waals surface area (Å²) in [5.74, 6) is -1.73. The van der Waals surface area contributed by atoms with Crippen LogP contribution in [0, 0.1) is 0 Å². The van der Waals surface area contributed by atoms with Crippen molar-refractivity contribution in [3.05, 3.63) is 52.2 Å². The van der Waals surface area contributed by atoms with E-state index in [2.05, 4.69) is 20.8 Å². The van der Waals surface area contributed by atoms with Crippen molar-refractivity contribution in [2.24, 2.45) is 10.2 Å². The first kappa shape index (κ1) is 19.8. The van der Waals surface area contributed by atoms with Crippen molar-refractivity contribution < 1.29 is 19.5 Å². The Morgan fingerprint density at radius 1 is 1.25 bits per heavy atom. The van der Waals surface area contributed by atoms with Gasteiger partial charge in [-0.3, -0.25) is 9.59 Å². The molecule has 1 aromatic heterocycles. The van der Waals surface area contributed by atoms with Gasteiger partial charge in [-0.25, -0.2) is 4.79 Å². The van der Waals surface area contributed by atoms with Crippen LogP contribution in [0.5, 0.6) is 0 Å². The molecule has 1 aromatic carbocycles. The maximum Gasteiger partial charge on any atom is 0.335 e. The number of rotatable bonds is 5. The third-order valence-corrected chi connectivity index (χ3v) is 5.78. The predicted octanol–water partition coefficient (Wildman–Crippen LogP) is 2.79. The Hall–Kier alpha value is -2.98. The van der Waals surface area contributed by atoms with Crippen molar-refractivity contribution in [3.8, 4) is 0 Å². The zero-order valence-corrected chi connectivity index (χ0v) is 16.3. The number of anilines is 1. The topological polar surface area (TPSA) is 120 Å². The Bertz CT molecular complexity index is 952. The Morgan fingerprint density at radius 3 is 2.64 bits per heavy atom. The summed E-state index contributed by atoms with van der Waals surface area (Å²) in [5.41, 5.74) is 1.28. The molecule has 28 heavy (non-hydrogen) atoms. The smallest absolute Gasteiger partial charge is 0.335 e. The van der Waals surface area contributed by atoms with E-state index in [1.54, 1.807) is 0 Å². The second-order valence-electron chi connectivity index (χ2n) is 5.80. The molecule has 0 bridgehead atoms. The van der Waals surface area contributed by atoms with Crippen LogP contribution in [0.4, 0.5) is 5.69 Å². The number of thioether (sulfide) groups is 1. The lowest BCUT2D eigenvalue weighted by Crippen LogP contribution is -2.41. The summed E-state index contributed by atoms with van der Waals surface area (Å²) in [6, 6.07) is 9.62. The Balaban J connectivity index is 1.67. The molecule has 1 atom stereocenters. The lowest BCUT2D eigenvalue weighted by Gasteiger charge is -2.21. The number of thiophene rings is 1. The first-order valence-corrected chi connectivity index (χ1v) is 9.95. The molecule has 1 saturated heterocycles. The van der Waals surface area contributed by atoms with Crippen molar-refractivity contribution in [2.75, 3.05) is 5.32 Å². The van der Waals surface area contributed by atoms with E-state index < -0.39 is 11.2 Å². The van der Waals surface area contributed by atoms with E-state index >= 15 is 0 Å². The lowest BCUT2D eigenvalue weighted by atomic mass is 10.2. The van der Waals surface area contributed by atoms with Gasteiger partial charge in [-0.15, -0.1) is 16.4 Å². The average Bonchev–Trinajstić information content (AvgIpc) is 3.21. The molecule has 3 N–H and O–H groups in total. The van der Waals surface area contributed by atoms with Crippen LogP contribution in [-0.2, 0) is 9.59 Å². The number of amidine groups is 1. The van der Waals surface area contributed by atoms with Gasteiger partial charge in [-0.05, 0) is 42.6 Å². The minimum atomic E-state index is -1.04. The van der Waals surface area contributed by atoms with Gasteiger partial charge in [0, 0.05) is 12.1 Å². The SMILES string of the molecule is CC(=NN=C1NC(=O)CC(C(=O)Nc2ccc(C(=O)O)cc2)S1)c1cccs1. The van der Waals surface area contributed by atoms with Crippen LogP contribution in [-0.4, -0.2) is 39.0 Å². The molecule has 144 valence electrons. The molecule has 1 fully saturated rings. The normalized spacial score (nSPS) is 18.6. The fraction of sp³-hybridized carbons (Fsp3) is 0.167. The highest BCUT2D eigenvalue weighted by molar-refractivity contribution is 8.15. The summed E-state index contributed by atoms with van der Waals surface area (Å²) in [7, 11) is 0. The molecule has 10 heteroatoms. The molecular formula is C18H16N4O4S2. The van der Waals surface area contributed by atoms with Crippen LogP contribution in [0.3, 0.4) is 0 Å². The minimum absolute atomic E-state index is 0.0103. The van der Waals surface area contributed by atoms with Gasteiger partial charge in [0.05, 0.1) is 16.2 Å². The second kappa shape index (κ2) is 8.81. The number of nitrogens with zero attached hydrogens (tertiary/aromatic N) is 2. The number of aromatic carboxylic acids is 1. The van der Waals surface area contributed by atoms with Crippen molar-refractivity contribution in [3.63, 3.8) is 0 Å². The van der Waals surface area contributed by atoms with Crippen LogP contribution < -0.4 is 10.6 Å². The van der Waals surface area contributed by atoms with E-state index in [1.807, 2.05) is 24.4 Å². The summed E-state index contributed by atoms with van der Waals surface area (Å²) in [5, 5.41) is 23.9. The standard InChI is InChI=1S/C18H16N4O4S2/c1-10(13-3-2-8-27-13)21-22-18-20-15(23)9-14(28-18)16(24)19-12-6-4-11(5-7-12)17(25)26/h2-8,14H,9H2,1H3,(H,19,24)(H,25,26)(H,20,22,23). The maximum atomic E-state index is 12.5.